The molecule has 0 unspecified atom stereocenters. The summed E-state index contributed by atoms with van der Waals surface area (Å²) in [6.45, 7) is 36.5. The van der Waals surface area contributed by atoms with Crippen molar-refractivity contribution in [3.05, 3.63) is 0 Å². The van der Waals surface area contributed by atoms with Crippen molar-refractivity contribution in [2.24, 2.45) is 23.7 Å². The Bertz CT molecular complexity index is 849. The van der Waals surface area contributed by atoms with E-state index in [0.717, 1.165) is 50.5 Å². The molecule has 0 aromatic rings. The van der Waals surface area contributed by atoms with Crippen LogP contribution in [0, 0.1) is 23.7 Å². The molecule has 0 bridgehead atoms. The van der Waals surface area contributed by atoms with Crippen molar-refractivity contribution in [1.29, 1.82) is 0 Å². The summed E-state index contributed by atoms with van der Waals surface area (Å²) in [5, 5.41) is 4.58. The number of rotatable bonds is 21. The van der Waals surface area contributed by atoms with Crippen LogP contribution in [0.25, 0.3) is 0 Å². The van der Waals surface area contributed by atoms with E-state index in [0.29, 0.717) is 35.0 Å². The maximum Gasteiger partial charge on any atom is 0.308 e. The summed E-state index contributed by atoms with van der Waals surface area (Å²) in [5.41, 5.74) is 0. The first-order valence-electron chi connectivity index (χ1n) is 19.2. The number of hydrogen-bond acceptors (Lipinski definition) is 9. The van der Waals surface area contributed by atoms with E-state index in [2.05, 4.69) is 72.7 Å². The number of nitrogens with zero attached hydrogens (tertiary/aromatic N) is 3. The van der Waals surface area contributed by atoms with E-state index in [1.165, 1.54) is 0 Å². The zero-order valence-electron chi connectivity index (χ0n) is 36.7. The third-order valence-electron chi connectivity index (χ3n) is 7.32. The van der Waals surface area contributed by atoms with E-state index in [9.17, 15) is 19.2 Å². The molecule has 0 atom stereocenters. The van der Waals surface area contributed by atoms with Gasteiger partial charge in [-0.25, -0.2) is 0 Å². The Morgan fingerprint density at radius 1 is 0.588 bits per heavy atom. The second kappa shape index (κ2) is 34.5. The minimum Gasteiger partial charge on any atom is -0.465 e. The molecule has 306 valence electrons. The van der Waals surface area contributed by atoms with E-state index in [1.54, 1.807) is 4.90 Å². The third kappa shape index (κ3) is 39.7. The first kappa shape index (κ1) is 56.4. The molecule has 1 N–H and O–H groups in total. The Hall–Kier alpha value is -1.30. The fourth-order valence-electron chi connectivity index (χ4n) is 3.64. The highest BCUT2D eigenvalue weighted by atomic mass is 32.2. The Morgan fingerprint density at radius 3 is 1.41 bits per heavy atom. The van der Waals surface area contributed by atoms with Gasteiger partial charge in [-0.15, -0.1) is 0 Å². The van der Waals surface area contributed by atoms with Crippen LogP contribution in [-0.2, 0) is 23.9 Å². The minimum atomic E-state index is -0.0978. The van der Waals surface area contributed by atoms with Gasteiger partial charge in [0.2, 0.25) is 11.8 Å². The van der Waals surface area contributed by atoms with Crippen molar-refractivity contribution < 1.29 is 23.9 Å². The fraction of sp³-hybridized carbons (Fsp3) is 0.900. The van der Waals surface area contributed by atoms with Crippen LogP contribution in [0.5, 0.6) is 0 Å². The maximum atomic E-state index is 11.5. The Balaban J connectivity index is -0.000000289. The van der Waals surface area contributed by atoms with Crippen molar-refractivity contribution in [1.82, 2.24) is 20.0 Å². The molecule has 0 saturated heterocycles. The first-order valence-corrected chi connectivity index (χ1v) is 21.3. The molecule has 0 fully saturated rings. The molecule has 0 aromatic heterocycles. The van der Waals surface area contributed by atoms with Crippen molar-refractivity contribution >= 4 is 47.1 Å². The van der Waals surface area contributed by atoms with E-state index < -0.39 is 0 Å². The molecule has 11 heteroatoms. The molecule has 2 amide bonds. The van der Waals surface area contributed by atoms with Crippen molar-refractivity contribution in [3.63, 3.8) is 0 Å². The van der Waals surface area contributed by atoms with Crippen LogP contribution in [0.4, 0.5) is 0 Å². The van der Waals surface area contributed by atoms with E-state index in [4.69, 9.17) is 4.74 Å². The molecular weight excluding hydrogens is 681 g/mol. The summed E-state index contributed by atoms with van der Waals surface area (Å²) in [6, 6.07) is 1.03. The number of amides is 2. The highest BCUT2D eigenvalue weighted by molar-refractivity contribution is 8.00. The highest BCUT2D eigenvalue weighted by Gasteiger charge is 2.14. The SMILES string of the molecule is CC(C)C(=O)N(C)CCN(C)C(C)C.CC(C)NCCN(C)C(=O)C(C)C.CC(C)SCCCC(=O)C(C)C.CC(C)SCCOC(=O)C(C)C. The van der Waals surface area contributed by atoms with Gasteiger partial charge in [0, 0.05) is 82.3 Å². The lowest BCUT2D eigenvalue weighted by atomic mass is 10.1. The molecule has 0 aliphatic heterocycles. The smallest absolute Gasteiger partial charge is 0.308 e. The Kier molecular flexibility index (Phi) is 38.1. The van der Waals surface area contributed by atoms with Crippen LogP contribution in [0.15, 0.2) is 0 Å². The maximum absolute atomic E-state index is 11.5. The van der Waals surface area contributed by atoms with Gasteiger partial charge in [-0.05, 0) is 43.6 Å². The number of hydrogen-bond donors (Lipinski definition) is 1. The molecule has 0 heterocycles. The summed E-state index contributed by atoms with van der Waals surface area (Å²) in [6.07, 6.45) is 1.80. The second-order valence-electron chi connectivity index (χ2n) is 15.4. The van der Waals surface area contributed by atoms with E-state index in [1.807, 2.05) is 97.9 Å². The number of thioether (sulfide) groups is 2. The van der Waals surface area contributed by atoms with Crippen molar-refractivity contribution in [3.8, 4) is 0 Å². The summed E-state index contributed by atoms with van der Waals surface area (Å²) in [4.78, 5) is 50.9. The van der Waals surface area contributed by atoms with E-state index in [-0.39, 0.29) is 41.5 Å². The summed E-state index contributed by atoms with van der Waals surface area (Å²) in [7, 11) is 5.80. The second-order valence-corrected chi connectivity index (χ2v) is 18.8. The number of ketones is 1. The standard InChI is InChI=1S/C11H24N2O.C10H22N2O.C10H20OS.C9H18O2S/c1-9(2)11(14)13(6)8-7-12(5)10(3)4;1-8(2)10(13)12(5)7-6-11-9(3)4;1-8(2)10(11)6-5-7-12-9(3)4;1-7(2)9(10)11-5-6-12-8(3)4/h9-10H,7-8H2,1-6H3;8-9,11H,6-7H2,1-5H3;8-9H,5-7H2,1-4H3;7-8H,5-6H2,1-4H3. The number of likely N-dealkylation sites (N-methyl/N-ethyl adjacent to an activating group) is 3. The highest BCUT2D eigenvalue weighted by Crippen LogP contribution is 2.13. The van der Waals surface area contributed by atoms with Gasteiger partial charge in [-0.2, -0.15) is 23.5 Å². The van der Waals surface area contributed by atoms with Crippen molar-refractivity contribution in [2.45, 2.75) is 146 Å². The predicted molar refractivity (Wildman–Crippen MR) is 226 cm³/mol. The van der Waals surface area contributed by atoms with Crippen LogP contribution in [0.1, 0.15) is 124 Å². The first-order chi connectivity index (χ1) is 23.4. The van der Waals surface area contributed by atoms with Gasteiger partial charge in [0.25, 0.3) is 0 Å². The van der Waals surface area contributed by atoms with Crippen LogP contribution in [-0.4, -0.2) is 126 Å². The molecule has 0 saturated carbocycles. The Labute approximate surface area is 325 Å². The van der Waals surface area contributed by atoms with Gasteiger partial charge in [0.1, 0.15) is 12.4 Å². The molecule has 0 aliphatic carbocycles. The van der Waals surface area contributed by atoms with Gasteiger partial charge in [0.05, 0.1) is 5.92 Å². The number of ether oxygens (including phenoxy) is 1. The Morgan fingerprint density at radius 2 is 1.04 bits per heavy atom. The van der Waals surface area contributed by atoms with Gasteiger partial charge in [-0.3, -0.25) is 19.2 Å². The molecule has 51 heavy (non-hydrogen) atoms. The third-order valence-corrected chi connectivity index (χ3v) is 9.58. The number of esters is 1. The molecule has 0 radical (unpaired) electrons. The lowest BCUT2D eigenvalue weighted by Crippen LogP contribution is -2.38. The average Bonchev–Trinajstić information content (AvgIpc) is 3.02. The molecule has 9 nitrogen and oxygen atoms in total. The lowest BCUT2D eigenvalue weighted by molar-refractivity contribution is -0.146. The normalized spacial score (nSPS) is 11.1. The van der Waals surface area contributed by atoms with Crippen LogP contribution < -0.4 is 5.32 Å². The summed E-state index contributed by atoms with van der Waals surface area (Å²) in [5.74, 6) is 3.18. The molecule has 0 aromatic carbocycles. The summed E-state index contributed by atoms with van der Waals surface area (Å²) < 4.78 is 4.99. The number of Topliss-reactive ketones (excluding diaryl/α,β-unsaturated/α-hetero) is 1. The molecule has 0 rings (SSSR count). The largest absolute Gasteiger partial charge is 0.465 e. The van der Waals surface area contributed by atoms with Crippen molar-refractivity contribution in [2.75, 3.05) is 65.4 Å². The number of nitrogens with one attached hydrogen (secondary N) is 1. The van der Waals surface area contributed by atoms with Gasteiger partial charge >= 0.3 is 5.97 Å². The summed E-state index contributed by atoms with van der Waals surface area (Å²) >= 11 is 3.74. The van der Waals surface area contributed by atoms with Gasteiger partial charge in [0.15, 0.2) is 0 Å². The zero-order valence-corrected chi connectivity index (χ0v) is 38.3. The predicted octanol–water partition coefficient (Wildman–Crippen LogP) is 8.00. The number of carbonyl (C=O) groups excluding carboxylic acids is 4. The quantitative estimate of drug-likeness (QED) is 0.0921. The van der Waals surface area contributed by atoms with Crippen LogP contribution in [0.3, 0.4) is 0 Å². The fourth-order valence-corrected chi connectivity index (χ4v) is 5.07. The lowest BCUT2D eigenvalue weighted by Gasteiger charge is -2.25. The topological polar surface area (TPSA) is 99.3 Å². The van der Waals surface area contributed by atoms with Gasteiger partial charge in [-0.1, -0.05) is 96.9 Å². The van der Waals surface area contributed by atoms with Crippen LogP contribution in [0.2, 0.25) is 0 Å². The van der Waals surface area contributed by atoms with Crippen LogP contribution >= 0.6 is 23.5 Å². The molecular formula is C40H84N4O5S2. The molecule has 0 aliphatic rings. The molecule has 0 spiro atoms. The number of carbonyl (C=O) groups is 4. The monoisotopic (exact) mass is 765 g/mol. The van der Waals surface area contributed by atoms with Gasteiger partial charge < -0.3 is 24.8 Å². The minimum absolute atomic E-state index is 0.00551. The van der Waals surface area contributed by atoms with E-state index >= 15 is 0 Å². The average molecular weight is 765 g/mol. The zero-order chi connectivity index (χ0) is 40.9.